The first-order valence-corrected chi connectivity index (χ1v) is 8.66. The van der Waals surface area contributed by atoms with Crippen molar-refractivity contribution in [2.75, 3.05) is 13.1 Å². The first-order valence-electron chi connectivity index (χ1n) is 8.66. The fourth-order valence-electron chi connectivity index (χ4n) is 3.43. The third-order valence-electron chi connectivity index (χ3n) is 4.81. The molecule has 1 heterocycles. The van der Waals surface area contributed by atoms with Gasteiger partial charge in [0.25, 0.3) is 5.91 Å². The molecule has 23 heavy (non-hydrogen) atoms. The number of nitrogens with zero attached hydrogens (tertiary/aromatic N) is 1. The number of carbonyl (C=O) groups excluding carboxylic acids is 3. The first kappa shape index (κ1) is 17.7. The second-order valence-corrected chi connectivity index (χ2v) is 6.61. The molecule has 0 aromatic rings. The van der Waals surface area contributed by atoms with Crippen molar-refractivity contribution < 1.29 is 14.4 Å². The Morgan fingerprint density at radius 3 is 2.65 bits per heavy atom. The van der Waals surface area contributed by atoms with Crippen molar-refractivity contribution in [3.05, 3.63) is 0 Å². The van der Waals surface area contributed by atoms with Gasteiger partial charge in [-0.3, -0.25) is 14.5 Å². The Bertz CT molecular complexity index is 460. The number of imide groups is 1. The molecule has 1 saturated heterocycles. The number of carbonyl (C=O) groups is 3. The largest absolute Gasteiger partial charge is 0.351 e. The third kappa shape index (κ3) is 4.02. The average Bonchev–Trinajstić information content (AvgIpc) is 2.76. The number of hydrogen-bond donors (Lipinski definition) is 3. The topological polar surface area (TPSA) is 105 Å². The lowest BCUT2D eigenvalue weighted by molar-refractivity contribution is -0.136. The molecule has 2 rings (SSSR count). The van der Waals surface area contributed by atoms with E-state index in [0.29, 0.717) is 19.4 Å². The number of urea groups is 1. The summed E-state index contributed by atoms with van der Waals surface area (Å²) in [6.07, 6.45) is 7.09. The minimum Gasteiger partial charge on any atom is -0.351 e. The number of unbranched alkanes of at least 4 members (excludes halogenated alkanes) is 1. The van der Waals surface area contributed by atoms with E-state index in [-0.39, 0.29) is 24.4 Å². The van der Waals surface area contributed by atoms with Crippen LogP contribution in [0.3, 0.4) is 0 Å². The molecule has 1 spiro atoms. The second kappa shape index (κ2) is 7.77. The standard InChI is InChI=1S/C16H28N4O3/c1-2-3-7-12(10-17)18-13(21)11-20-14(22)16(19-15(20)23)8-5-4-6-9-16/h12H,2-11,17H2,1H3,(H,18,21)(H,19,23). The van der Waals surface area contributed by atoms with E-state index in [4.69, 9.17) is 5.73 Å². The maximum atomic E-state index is 12.6. The maximum Gasteiger partial charge on any atom is 0.325 e. The molecule has 1 atom stereocenters. The Labute approximate surface area is 137 Å². The van der Waals surface area contributed by atoms with Crippen molar-refractivity contribution in [3.63, 3.8) is 0 Å². The molecule has 4 amide bonds. The highest BCUT2D eigenvalue weighted by atomic mass is 16.2. The highest BCUT2D eigenvalue weighted by Gasteiger charge is 2.51. The van der Waals surface area contributed by atoms with Gasteiger partial charge >= 0.3 is 6.03 Å². The number of amides is 4. The van der Waals surface area contributed by atoms with E-state index in [2.05, 4.69) is 17.6 Å². The summed E-state index contributed by atoms with van der Waals surface area (Å²) in [6.45, 7) is 2.21. The summed E-state index contributed by atoms with van der Waals surface area (Å²) in [4.78, 5) is 37.9. The van der Waals surface area contributed by atoms with Gasteiger partial charge in [0.1, 0.15) is 12.1 Å². The SMILES string of the molecule is CCCCC(CN)NC(=O)CN1C(=O)NC2(CCCCC2)C1=O. The van der Waals surface area contributed by atoms with E-state index >= 15 is 0 Å². The number of nitrogens with one attached hydrogen (secondary N) is 2. The zero-order valence-electron chi connectivity index (χ0n) is 13.9. The zero-order valence-corrected chi connectivity index (χ0v) is 13.9. The summed E-state index contributed by atoms with van der Waals surface area (Å²) in [5.41, 5.74) is 4.89. The Kier molecular flexibility index (Phi) is 5.98. The van der Waals surface area contributed by atoms with Crippen LogP contribution in [0.4, 0.5) is 4.79 Å². The summed E-state index contributed by atoms with van der Waals surface area (Å²) < 4.78 is 0. The molecule has 2 fully saturated rings. The number of nitrogens with two attached hydrogens (primary N) is 1. The van der Waals surface area contributed by atoms with Gasteiger partial charge in [0.15, 0.2) is 0 Å². The van der Waals surface area contributed by atoms with Gasteiger partial charge < -0.3 is 16.4 Å². The summed E-state index contributed by atoms with van der Waals surface area (Å²) in [7, 11) is 0. The van der Waals surface area contributed by atoms with E-state index < -0.39 is 11.6 Å². The maximum absolute atomic E-state index is 12.6. The quantitative estimate of drug-likeness (QED) is 0.604. The van der Waals surface area contributed by atoms with Gasteiger partial charge in [0.05, 0.1) is 0 Å². The predicted molar refractivity (Wildman–Crippen MR) is 86.6 cm³/mol. The number of rotatable bonds is 7. The fourth-order valence-corrected chi connectivity index (χ4v) is 3.43. The molecule has 1 unspecified atom stereocenters. The minimum absolute atomic E-state index is 0.105. The molecular weight excluding hydrogens is 296 g/mol. The molecule has 0 aromatic heterocycles. The lowest BCUT2D eigenvalue weighted by Gasteiger charge is -2.30. The predicted octanol–water partition coefficient (Wildman–Crippen LogP) is 0.875. The fraction of sp³-hybridized carbons (Fsp3) is 0.812. The average molecular weight is 324 g/mol. The van der Waals surface area contributed by atoms with Crippen LogP contribution in [0.2, 0.25) is 0 Å². The molecule has 130 valence electrons. The summed E-state index contributed by atoms with van der Waals surface area (Å²) in [5.74, 6) is -0.580. The van der Waals surface area contributed by atoms with Crippen molar-refractivity contribution in [3.8, 4) is 0 Å². The van der Waals surface area contributed by atoms with Gasteiger partial charge in [0, 0.05) is 12.6 Å². The van der Waals surface area contributed by atoms with E-state index in [1.165, 1.54) is 0 Å². The van der Waals surface area contributed by atoms with E-state index in [1.807, 2.05) is 0 Å². The van der Waals surface area contributed by atoms with Crippen LogP contribution in [0.25, 0.3) is 0 Å². The molecule has 0 aromatic carbocycles. The van der Waals surface area contributed by atoms with Crippen molar-refractivity contribution >= 4 is 17.8 Å². The minimum atomic E-state index is -0.773. The smallest absolute Gasteiger partial charge is 0.325 e. The molecule has 0 bridgehead atoms. The van der Waals surface area contributed by atoms with Crippen molar-refractivity contribution in [2.45, 2.75) is 69.9 Å². The second-order valence-electron chi connectivity index (χ2n) is 6.61. The van der Waals surface area contributed by atoms with Gasteiger partial charge in [-0.1, -0.05) is 39.0 Å². The van der Waals surface area contributed by atoms with E-state index in [0.717, 1.165) is 43.4 Å². The van der Waals surface area contributed by atoms with Crippen LogP contribution in [-0.2, 0) is 9.59 Å². The van der Waals surface area contributed by atoms with Crippen LogP contribution in [0.5, 0.6) is 0 Å². The first-order chi connectivity index (χ1) is 11.0. The van der Waals surface area contributed by atoms with Gasteiger partial charge in [-0.25, -0.2) is 4.79 Å². The van der Waals surface area contributed by atoms with Gasteiger partial charge in [-0.15, -0.1) is 0 Å². The molecule has 4 N–H and O–H groups in total. The molecule has 7 nitrogen and oxygen atoms in total. The zero-order chi connectivity index (χ0) is 16.9. The van der Waals surface area contributed by atoms with Crippen molar-refractivity contribution in [1.29, 1.82) is 0 Å². The number of hydrogen-bond acceptors (Lipinski definition) is 4. The van der Waals surface area contributed by atoms with Crippen molar-refractivity contribution in [1.82, 2.24) is 15.5 Å². The molecule has 7 heteroatoms. The van der Waals surface area contributed by atoms with Crippen LogP contribution in [0.15, 0.2) is 0 Å². The Morgan fingerprint density at radius 1 is 1.35 bits per heavy atom. The van der Waals surface area contributed by atoms with Gasteiger partial charge in [-0.2, -0.15) is 0 Å². The summed E-state index contributed by atoms with van der Waals surface area (Å²) in [5, 5.41) is 5.63. The molecule has 1 aliphatic carbocycles. The van der Waals surface area contributed by atoms with Gasteiger partial charge in [0.2, 0.25) is 5.91 Å². The monoisotopic (exact) mass is 324 g/mol. The molecule has 1 saturated carbocycles. The third-order valence-corrected chi connectivity index (χ3v) is 4.81. The lowest BCUT2D eigenvalue weighted by Crippen LogP contribution is -2.49. The molecule has 2 aliphatic rings. The Balaban J connectivity index is 1.92. The Morgan fingerprint density at radius 2 is 2.04 bits per heavy atom. The highest BCUT2D eigenvalue weighted by Crippen LogP contribution is 2.33. The summed E-state index contributed by atoms with van der Waals surface area (Å²) >= 11 is 0. The van der Waals surface area contributed by atoms with Crippen LogP contribution in [0.1, 0.15) is 58.3 Å². The Hall–Kier alpha value is -1.63. The van der Waals surface area contributed by atoms with Crippen LogP contribution < -0.4 is 16.4 Å². The molecule has 1 aliphatic heterocycles. The van der Waals surface area contributed by atoms with Gasteiger partial charge in [-0.05, 0) is 19.3 Å². The van der Waals surface area contributed by atoms with E-state index in [1.54, 1.807) is 0 Å². The van der Waals surface area contributed by atoms with Crippen LogP contribution >= 0.6 is 0 Å². The molecular formula is C16H28N4O3. The lowest BCUT2D eigenvalue weighted by atomic mass is 9.82. The van der Waals surface area contributed by atoms with Crippen LogP contribution in [0, 0.1) is 0 Å². The van der Waals surface area contributed by atoms with E-state index in [9.17, 15) is 14.4 Å². The summed E-state index contributed by atoms with van der Waals surface area (Å²) in [6, 6.07) is -0.559. The molecule has 0 radical (unpaired) electrons. The highest BCUT2D eigenvalue weighted by molar-refractivity contribution is 6.09. The van der Waals surface area contributed by atoms with Crippen LogP contribution in [-0.4, -0.2) is 47.4 Å². The van der Waals surface area contributed by atoms with Crippen molar-refractivity contribution in [2.24, 2.45) is 5.73 Å². The normalized spacial score (nSPS) is 21.4.